The number of amides is 1. The van der Waals surface area contributed by atoms with Crippen LogP contribution in [0.5, 0.6) is 0 Å². The van der Waals surface area contributed by atoms with E-state index >= 15 is 0 Å². The van der Waals surface area contributed by atoms with E-state index < -0.39 is 17.9 Å². The van der Waals surface area contributed by atoms with Gasteiger partial charge >= 0.3 is 5.97 Å². The Morgan fingerprint density at radius 2 is 2.28 bits per heavy atom. The molecule has 2 heterocycles. The normalized spacial score (nSPS) is 23.0. The van der Waals surface area contributed by atoms with E-state index in [1.54, 1.807) is 5.38 Å². The lowest BCUT2D eigenvalue weighted by molar-refractivity contribution is -0.142. The first-order chi connectivity index (χ1) is 8.50. The van der Waals surface area contributed by atoms with Crippen molar-refractivity contribution in [2.75, 3.05) is 13.2 Å². The van der Waals surface area contributed by atoms with Gasteiger partial charge < -0.3 is 15.2 Å². The smallest absolute Gasteiger partial charge is 0.311 e. The van der Waals surface area contributed by atoms with E-state index in [1.807, 2.05) is 6.92 Å². The Balaban J connectivity index is 2.08. The number of carboxylic acid groups (broad SMARTS) is 1. The SMILES string of the molecule is Cc1csc(C(=O)NC2COCC2C(=O)O)c1Cl. The number of aliphatic carboxylic acids is 1. The topological polar surface area (TPSA) is 75.6 Å². The lowest BCUT2D eigenvalue weighted by atomic mass is 10.0. The van der Waals surface area contributed by atoms with Crippen molar-refractivity contribution in [3.8, 4) is 0 Å². The van der Waals surface area contributed by atoms with Gasteiger partial charge in [-0.05, 0) is 17.9 Å². The van der Waals surface area contributed by atoms with Crippen LogP contribution in [0.2, 0.25) is 5.02 Å². The molecule has 2 atom stereocenters. The van der Waals surface area contributed by atoms with Crippen LogP contribution in [0.1, 0.15) is 15.2 Å². The summed E-state index contributed by atoms with van der Waals surface area (Å²) in [7, 11) is 0. The van der Waals surface area contributed by atoms with Gasteiger partial charge in [-0.15, -0.1) is 11.3 Å². The molecule has 2 unspecified atom stereocenters. The van der Waals surface area contributed by atoms with E-state index in [0.29, 0.717) is 9.90 Å². The molecule has 0 aromatic carbocycles. The van der Waals surface area contributed by atoms with Crippen molar-refractivity contribution in [2.24, 2.45) is 5.92 Å². The molecule has 0 aliphatic carbocycles. The largest absolute Gasteiger partial charge is 0.481 e. The summed E-state index contributed by atoms with van der Waals surface area (Å²) in [6.07, 6.45) is 0. The Kier molecular flexibility index (Phi) is 3.89. The van der Waals surface area contributed by atoms with E-state index in [2.05, 4.69) is 5.32 Å². The Bertz CT molecular complexity index is 487. The fraction of sp³-hybridized carbons (Fsp3) is 0.455. The fourth-order valence-corrected chi connectivity index (χ4v) is 2.94. The van der Waals surface area contributed by atoms with Gasteiger partial charge in [-0.3, -0.25) is 9.59 Å². The van der Waals surface area contributed by atoms with Crippen LogP contribution in [0.25, 0.3) is 0 Å². The Hall–Kier alpha value is -1.11. The summed E-state index contributed by atoms with van der Waals surface area (Å²) in [6, 6.07) is -0.506. The summed E-state index contributed by atoms with van der Waals surface area (Å²) >= 11 is 7.24. The van der Waals surface area contributed by atoms with Gasteiger partial charge in [0.05, 0.1) is 24.3 Å². The Labute approximate surface area is 113 Å². The number of hydrogen-bond acceptors (Lipinski definition) is 4. The summed E-state index contributed by atoms with van der Waals surface area (Å²) in [6.45, 7) is 2.15. The van der Waals surface area contributed by atoms with Gasteiger partial charge in [0.15, 0.2) is 0 Å². The molecule has 2 N–H and O–H groups in total. The van der Waals surface area contributed by atoms with Crippen molar-refractivity contribution >= 4 is 34.8 Å². The maximum absolute atomic E-state index is 12.0. The third-order valence-corrected chi connectivity index (χ3v) is 4.52. The highest BCUT2D eigenvalue weighted by molar-refractivity contribution is 7.13. The molecule has 1 saturated heterocycles. The highest BCUT2D eigenvalue weighted by atomic mass is 35.5. The first kappa shape index (κ1) is 13.3. The van der Waals surface area contributed by atoms with Crippen molar-refractivity contribution in [3.63, 3.8) is 0 Å². The lowest BCUT2D eigenvalue weighted by Gasteiger charge is -2.15. The van der Waals surface area contributed by atoms with E-state index in [0.717, 1.165) is 5.56 Å². The minimum Gasteiger partial charge on any atom is -0.481 e. The molecule has 1 aromatic rings. The standard InChI is InChI=1S/C11H12ClNO4S/c1-5-4-18-9(8(5)12)10(14)13-7-3-17-2-6(7)11(15)16/h4,6-7H,2-3H2,1H3,(H,13,14)(H,15,16). The number of carbonyl (C=O) groups excluding carboxylic acids is 1. The van der Waals surface area contributed by atoms with Crippen LogP contribution < -0.4 is 5.32 Å². The number of rotatable bonds is 3. The van der Waals surface area contributed by atoms with Crippen molar-refractivity contribution in [1.29, 1.82) is 0 Å². The van der Waals surface area contributed by atoms with Crippen LogP contribution >= 0.6 is 22.9 Å². The van der Waals surface area contributed by atoms with Crippen molar-refractivity contribution in [3.05, 3.63) is 20.8 Å². The lowest BCUT2D eigenvalue weighted by Crippen LogP contribution is -2.42. The molecule has 18 heavy (non-hydrogen) atoms. The van der Waals surface area contributed by atoms with Gasteiger partial charge in [0.2, 0.25) is 0 Å². The third-order valence-electron chi connectivity index (χ3n) is 2.82. The molecule has 1 fully saturated rings. The summed E-state index contributed by atoms with van der Waals surface area (Å²) in [5.41, 5.74) is 0.837. The first-order valence-electron chi connectivity index (χ1n) is 5.35. The zero-order chi connectivity index (χ0) is 13.3. The van der Waals surface area contributed by atoms with Crippen LogP contribution in [0.15, 0.2) is 5.38 Å². The van der Waals surface area contributed by atoms with E-state index in [9.17, 15) is 9.59 Å². The molecule has 0 spiro atoms. The maximum atomic E-state index is 12.0. The molecule has 2 rings (SSSR count). The first-order valence-corrected chi connectivity index (χ1v) is 6.61. The molecular weight excluding hydrogens is 278 g/mol. The number of aryl methyl sites for hydroxylation is 1. The maximum Gasteiger partial charge on any atom is 0.311 e. The predicted molar refractivity (Wildman–Crippen MR) is 67.3 cm³/mol. The second-order valence-electron chi connectivity index (χ2n) is 4.12. The van der Waals surface area contributed by atoms with Gasteiger partial charge in [-0.2, -0.15) is 0 Å². The van der Waals surface area contributed by atoms with Crippen molar-refractivity contribution < 1.29 is 19.4 Å². The second-order valence-corrected chi connectivity index (χ2v) is 5.38. The second kappa shape index (κ2) is 5.26. The van der Waals surface area contributed by atoms with E-state index in [1.165, 1.54) is 11.3 Å². The van der Waals surface area contributed by atoms with Crippen LogP contribution in [-0.4, -0.2) is 36.2 Å². The minimum absolute atomic E-state index is 0.123. The fourth-order valence-electron chi connectivity index (χ4n) is 1.76. The average Bonchev–Trinajstić information content (AvgIpc) is 2.88. The predicted octanol–water partition coefficient (Wildman–Crippen LogP) is 1.54. The molecule has 0 radical (unpaired) electrons. The van der Waals surface area contributed by atoms with Crippen molar-refractivity contribution in [2.45, 2.75) is 13.0 Å². The van der Waals surface area contributed by atoms with Gasteiger partial charge in [0, 0.05) is 0 Å². The number of hydrogen-bond donors (Lipinski definition) is 2. The van der Waals surface area contributed by atoms with Crippen LogP contribution in [-0.2, 0) is 9.53 Å². The van der Waals surface area contributed by atoms with Crippen LogP contribution in [0.4, 0.5) is 0 Å². The molecule has 1 aromatic heterocycles. The Morgan fingerprint density at radius 1 is 1.56 bits per heavy atom. The molecule has 5 nitrogen and oxygen atoms in total. The molecular formula is C11H12ClNO4S. The Morgan fingerprint density at radius 3 is 2.83 bits per heavy atom. The number of halogens is 1. The third kappa shape index (κ3) is 2.50. The average molecular weight is 290 g/mol. The van der Waals surface area contributed by atoms with Gasteiger partial charge in [-0.25, -0.2) is 0 Å². The molecule has 0 saturated carbocycles. The number of ether oxygens (including phenoxy) is 1. The molecule has 1 aliphatic rings. The summed E-state index contributed by atoms with van der Waals surface area (Å²) in [5.74, 6) is -2.01. The summed E-state index contributed by atoms with van der Waals surface area (Å²) < 4.78 is 5.08. The zero-order valence-corrected chi connectivity index (χ0v) is 11.2. The number of carbonyl (C=O) groups is 2. The van der Waals surface area contributed by atoms with E-state index in [-0.39, 0.29) is 19.1 Å². The van der Waals surface area contributed by atoms with Crippen LogP contribution in [0, 0.1) is 12.8 Å². The zero-order valence-electron chi connectivity index (χ0n) is 9.60. The molecule has 7 heteroatoms. The molecule has 1 aliphatic heterocycles. The van der Waals surface area contributed by atoms with Gasteiger partial charge in [0.25, 0.3) is 5.91 Å². The van der Waals surface area contributed by atoms with Gasteiger partial charge in [0.1, 0.15) is 10.8 Å². The number of nitrogens with one attached hydrogen (secondary N) is 1. The van der Waals surface area contributed by atoms with Crippen LogP contribution in [0.3, 0.4) is 0 Å². The quantitative estimate of drug-likeness (QED) is 0.885. The monoisotopic (exact) mass is 289 g/mol. The molecule has 0 bridgehead atoms. The number of thiophene rings is 1. The summed E-state index contributed by atoms with van der Waals surface area (Å²) in [4.78, 5) is 23.3. The van der Waals surface area contributed by atoms with Crippen molar-refractivity contribution in [1.82, 2.24) is 5.32 Å². The van der Waals surface area contributed by atoms with Gasteiger partial charge in [-0.1, -0.05) is 11.6 Å². The molecule has 98 valence electrons. The summed E-state index contributed by atoms with van der Waals surface area (Å²) in [5, 5.41) is 13.8. The molecule has 1 amide bonds. The van der Waals surface area contributed by atoms with E-state index in [4.69, 9.17) is 21.4 Å². The highest BCUT2D eigenvalue weighted by Crippen LogP contribution is 2.27. The number of carboxylic acids is 1. The minimum atomic E-state index is -0.966. The highest BCUT2D eigenvalue weighted by Gasteiger charge is 2.35.